The van der Waals surface area contributed by atoms with Crippen molar-refractivity contribution >= 4 is 32.7 Å². The van der Waals surface area contributed by atoms with Crippen molar-refractivity contribution in [3.05, 3.63) is 24.0 Å². The van der Waals surface area contributed by atoms with E-state index in [1.54, 1.807) is 0 Å². The van der Waals surface area contributed by atoms with Crippen molar-refractivity contribution in [2.45, 2.75) is 84.6 Å². The standard InChI is InChI=1S/C18H27ClN2S.C4H10O/c1-6-13(7-2)10-11-21-16-9-8-14(22-19)12-15(16)20-17(21)18(3,4)5;1-3-5-4-2/h8-9,12-13H,6-7,10-11H2,1-5H3;3-4H2,1-2H3. The molecule has 0 bridgehead atoms. The van der Waals surface area contributed by atoms with Crippen LogP contribution < -0.4 is 0 Å². The molecular weight excluding hydrogens is 376 g/mol. The highest BCUT2D eigenvalue weighted by atomic mass is 35.7. The quantitative estimate of drug-likeness (QED) is 0.450. The number of halogens is 1. The number of hydrogen-bond donors (Lipinski definition) is 0. The number of aromatic nitrogens is 2. The minimum absolute atomic E-state index is 0.0429. The van der Waals surface area contributed by atoms with Crippen LogP contribution in [0.15, 0.2) is 23.1 Å². The summed E-state index contributed by atoms with van der Waals surface area (Å²) in [6.45, 7) is 18.0. The molecule has 5 heteroatoms. The molecule has 0 radical (unpaired) electrons. The topological polar surface area (TPSA) is 27.1 Å². The van der Waals surface area contributed by atoms with E-state index in [0.29, 0.717) is 0 Å². The van der Waals surface area contributed by atoms with Gasteiger partial charge in [0.25, 0.3) is 0 Å². The van der Waals surface area contributed by atoms with Crippen LogP contribution in [0, 0.1) is 5.92 Å². The van der Waals surface area contributed by atoms with Crippen LogP contribution in [-0.2, 0) is 16.7 Å². The minimum Gasteiger partial charge on any atom is -0.382 e. The van der Waals surface area contributed by atoms with Crippen molar-refractivity contribution in [3.8, 4) is 0 Å². The van der Waals surface area contributed by atoms with E-state index in [1.807, 2.05) is 13.8 Å². The summed E-state index contributed by atoms with van der Waals surface area (Å²) in [5.74, 6) is 1.97. The molecule has 0 saturated heterocycles. The minimum atomic E-state index is 0.0429. The number of imidazole rings is 1. The van der Waals surface area contributed by atoms with E-state index in [4.69, 9.17) is 20.4 Å². The van der Waals surface area contributed by atoms with Gasteiger partial charge in [0, 0.05) is 30.1 Å². The lowest BCUT2D eigenvalue weighted by atomic mass is 9.95. The molecular formula is C22H37ClN2OS. The Morgan fingerprint density at radius 3 is 2.19 bits per heavy atom. The van der Waals surface area contributed by atoms with Gasteiger partial charge in [0.15, 0.2) is 0 Å². The highest BCUT2D eigenvalue weighted by Crippen LogP contribution is 2.31. The van der Waals surface area contributed by atoms with Crippen LogP contribution in [0.4, 0.5) is 0 Å². The molecule has 0 saturated carbocycles. The molecule has 1 aromatic carbocycles. The normalized spacial score (nSPS) is 11.7. The van der Waals surface area contributed by atoms with Crippen molar-refractivity contribution in [3.63, 3.8) is 0 Å². The summed E-state index contributed by atoms with van der Waals surface area (Å²) < 4.78 is 7.25. The third kappa shape index (κ3) is 7.32. The third-order valence-electron chi connectivity index (χ3n) is 4.80. The van der Waals surface area contributed by atoms with Gasteiger partial charge in [-0.25, -0.2) is 4.98 Å². The second-order valence-corrected chi connectivity index (χ2v) is 8.91. The predicted molar refractivity (Wildman–Crippen MR) is 121 cm³/mol. The van der Waals surface area contributed by atoms with E-state index in [0.717, 1.165) is 36.1 Å². The average Bonchev–Trinajstić information content (AvgIpc) is 3.02. The van der Waals surface area contributed by atoms with E-state index in [-0.39, 0.29) is 5.41 Å². The Balaban J connectivity index is 0.000000646. The van der Waals surface area contributed by atoms with Crippen LogP contribution in [-0.4, -0.2) is 22.8 Å². The number of hydrogen-bond acceptors (Lipinski definition) is 3. The van der Waals surface area contributed by atoms with E-state index in [1.165, 1.54) is 41.6 Å². The first-order valence-electron chi connectivity index (χ1n) is 10.2. The second kappa shape index (κ2) is 12.0. The molecule has 0 unspecified atom stereocenters. The number of aryl methyl sites for hydroxylation is 1. The van der Waals surface area contributed by atoms with Gasteiger partial charge in [0.1, 0.15) is 5.82 Å². The Labute approximate surface area is 174 Å². The first kappa shape index (κ1) is 24.3. The molecule has 154 valence electrons. The first-order chi connectivity index (χ1) is 12.8. The van der Waals surface area contributed by atoms with Crippen LogP contribution in [0.5, 0.6) is 0 Å². The zero-order chi connectivity index (χ0) is 20.4. The molecule has 3 nitrogen and oxygen atoms in total. The van der Waals surface area contributed by atoms with Gasteiger partial charge in [-0.1, -0.05) is 47.5 Å². The first-order valence-corrected chi connectivity index (χ1v) is 11.8. The molecule has 1 heterocycles. The molecule has 0 aliphatic rings. The monoisotopic (exact) mass is 412 g/mol. The molecule has 1 aromatic heterocycles. The number of ether oxygens (including phenoxy) is 1. The summed E-state index contributed by atoms with van der Waals surface area (Å²) in [4.78, 5) is 5.97. The SMILES string of the molecule is CCC(CC)CCn1c(C(C)(C)C)nc2cc(SCl)ccc21.CCOCC. The number of nitrogens with zero attached hydrogens (tertiary/aromatic N) is 2. The Morgan fingerprint density at radius 1 is 1.11 bits per heavy atom. The Morgan fingerprint density at radius 2 is 1.74 bits per heavy atom. The van der Waals surface area contributed by atoms with Crippen molar-refractivity contribution in [2.24, 2.45) is 5.92 Å². The van der Waals surface area contributed by atoms with Crippen LogP contribution in [0.1, 0.15) is 73.6 Å². The van der Waals surface area contributed by atoms with Crippen LogP contribution in [0.2, 0.25) is 0 Å². The molecule has 0 aliphatic carbocycles. The molecule has 0 fully saturated rings. The summed E-state index contributed by atoms with van der Waals surface area (Å²) in [6, 6.07) is 6.34. The van der Waals surface area contributed by atoms with E-state index < -0.39 is 0 Å². The summed E-state index contributed by atoms with van der Waals surface area (Å²) in [7, 11) is 7.14. The smallest absolute Gasteiger partial charge is 0.115 e. The molecule has 27 heavy (non-hydrogen) atoms. The average molecular weight is 413 g/mol. The highest BCUT2D eigenvalue weighted by Gasteiger charge is 2.23. The van der Waals surface area contributed by atoms with Gasteiger partial charge >= 0.3 is 0 Å². The Kier molecular flexibility index (Phi) is 10.8. The largest absolute Gasteiger partial charge is 0.382 e. The van der Waals surface area contributed by atoms with Crippen LogP contribution in [0.25, 0.3) is 11.0 Å². The van der Waals surface area contributed by atoms with Crippen molar-refractivity contribution in [2.75, 3.05) is 13.2 Å². The number of rotatable bonds is 8. The van der Waals surface area contributed by atoms with Gasteiger partial charge < -0.3 is 9.30 Å². The van der Waals surface area contributed by atoms with Crippen LogP contribution in [0.3, 0.4) is 0 Å². The Hall–Kier alpha value is -0.710. The van der Waals surface area contributed by atoms with Gasteiger partial charge in [0.05, 0.1) is 11.0 Å². The van der Waals surface area contributed by atoms with E-state index in [9.17, 15) is 0 Å². The molecule has 0 aliphatic heterocycles. The fraction of sp³-hybridized carbons (Fsp3) is 0.682. The number of benzene rings is 1. The lowest BCUT2D eigenvalue weighted by molar-refractivity contribution is 0.162. The van der Waals surface area contributed by atoms with E-state index in [2.05, 4.69) is 57.4 Å². The zero-order valence-electron chi connectivity index (χ0n) is 18.1. The maximum atomic E-state index is 5.89. The maximum Gasteiger partial charge on any atom is 0.115 e. The summed E-state index contributed by atoms with van der Waals surface area (Å²) >= 11 is 0. The van der Waals surface area contributed by atoms with E-state index >= 15 is 0 Å². The molecule has 2 aromatic rings. The van der Waals surface area contributed by atoms with Crippen molar-refractivity contribution in [1.82, 2.24) is 9.55 Å². The summed E-state index contributed by atoms with van der Waals surface area (Å²) in [6.07, 6.45) is 3.72. The van der Waals surface area contributed by atoms with Crippen LogP contribution >= 0.6 is 21.7 Å². The third-order valence-corrected chi connectivity index (χ3v) is 5.77. The maximum absolute atomic E-state index is 5.89. The fourth-order valence-electron chi connectivity index (χ4n) is 3.17. The second-order valence-electron chi connectivity index (χ2n) is 7.82. The Bertz CT molecular complexity index is 673. The summed E-state index contributed by atoms with van der Waals surface area (Å²) in [5, 5.41) is 0. The van der Waals surface area contributed by atoms with Gasteiger partial charge in [0.2, 0.25) is 0 Å². The van der Waals surface area contributed by atoms with Gasteiger partial charge in [-0.2, -0.15) is 0 Å². The highest BCUT2D eigenvalue weighted by molar-refractivity contribution is 8.21. The fourth-order valence-corrected chi connectivity index (χ4v) is 3.73. The lowest BCUT2D eigenvalue weighted by Crippen LogP contribution is -2.20. The zero-order valence-corrected chi connectivity index (χ0v) is 19.7. The van der Waals surface area contributed by atoms with Crippen molar-refractivity contribution in [1.29, 1.82) is 0 Å². The van der Waals surface area contributed by atoms with Crippen molar-refractivity contribution < 1.29 is 4.74 Å². The van der Waals surface area contributed by atoms with Gasteiger partial charge in [-0.3, -0.25) is 0 Å². The molecule has 0 atom stereocenters. The summed E-state index contributed by atoms with van der Waals surface area (Å²) in [5.41, 5.74) is 2.33. The molecule has 0 N–H and O–H groups in total. The van der Waals surface area contributed by atoms with Gasteiger partial charge in [-0.05, 0) is 66.0 Å². The lowest BCUT2D eigenvalue weighted by Gasteiger charge is -2.21. The van der Waals surface area contributed by atoms with Gasteiger partial charge in [-0.15, -0.1) is 0 Å². The number of fused-ring (bicyclic) bond motifs is 1. The molecule has 0 amide bonds. The predicted octanol–water partition coefficient (Wildman–Crippen LogP) is 7.45. The molecule has 0 spiro atoms. The molecule has 2 rings (SSSR count).